The number of hydrogen-bond acceptors (Lipinski definition) is 6. The van der Waals surface area contributed by atoms with Gasteiger partial charge in [0.05, 0.1) is 17.1 Å². The van der Waals surface area contributed by atoms with Crippen LogP contribution >= 0.6 is 11.3 Å². The van der Waals surface area contributed by atoms with Gasteiger partial charge in [0, 0.05) is 12.4 Å². The van der Waals surface area contributed by atoms with Crippen molar-refractivity contribution >= 4 is 23.0 Å². The zero-order chi connectivity index (χ0) is 19.1. The first-order valence-electron chi connectivity index (χ1n) is 9.52. The van der Waals surface area contributed by atoms with Gasteiger partial charge in [0.2, 0.25) is 0 Å². The third-order valence-electron chi connectivity index (χ3n) is 4.17. The highest BCUT2D eigenvalue weighted by molar-refractivity contribution is 7.15. The van der Waals surface area contributed by atoms with E-state index in [-0.39, 0.29) is 0 Å². The van der Waals surface area contributed by atoms with Crippen molar-refractivity contribution in [3.63, 3.8) is 0 Å². The van der Waals surface area contributed by atoms with E-state index in [1.165, 1.54) is 18.4 Å². The van der Waals surface area contributed by atoms with Crippen LogP contribution < -0.4 is 5.32 Å². The van der Waals surface area contributed by atoms with E-state index in [0.29, 0.717) is 0 Å². The molecule has 0 spiro atoms. The Balaban J connectivity index is 1.72. The highest BCUT2D eigenvalue weighted by atomic mass is 32.1. The van der Waals surface area contributed by atoms with Gasteiger partial charge in [-0.3, -0.25) is 4.90 Å². The van der Waals surface area contributed by atoms with Crippen molar-refractivity contribution in [3.05, 3.63) is 53.3 Å². The molecule has 0 aliphatic carbocycles. The van der Waals surface area contributed by atoms with E-state index in [0.717, 1.165) is 46.8 Å². The summed E-state index contributed by atoms with van der Waals surface area (Å²) in [6.07, 6.45) is 6.07. The van der Waals surface area contributed by atoms with Gasteiger partial charge in [-0.05, 0) is 62.7 Å². The Morgan fingerprint density at radius 3 is 2.59 bits per heavy atom. The average molecular weight is 382 g/mol. The summed E-state index contributed by atoms with van der Waals surface area (Å²) in [5, 5.41) is 4.43. The minimum atomic E-state index is 0.791. The molecule has 3 rings (SSSR count). The third kappa shape index (κ3) is 5.58. The Bertz CT molecular complexity index is 855. The molecule has 1 N–H and O–H groups in total. The number of hydrogen-bond donors (Lipinski definition) is 1. The molecule has 0 saturated carbocycles. The van der Waals surface area contributed by atoms with Gasteiger partial charge in [-0.25, -0.2) is 15.0 Å². The lowest BCUT2D eigenvalue weighted by Crippen LogP contribution is -2.24. The molecule has 0 radical (unpaired) electrons. The van der Waals surface area contributed by atoms with Crippen molar-refractivity contribution < 1.29 is 0 Å². The zero-order valence-electron chi connectivity index (χ0n) is 16.3. The first kappa shape index (κ1) is 19.5. The standard InChI is InChI=1S/C21H27N5S/c1-4-11-26(12-5-2)15-21-23-14-18(27-21)17-7-6-8-19(24-17)25-20-13-16(3)9-10-22-20/h6-10,13-14H,4-5,11-12,15H2,1-3H3,(H,22,24,25). The summed E-state index contributed by atoms with van der Waals surface area (Å²) in [7, 11) is 0. The van der Waals surface area contributed by atoms with E-state index in [1.807, 2.05) is 36.5 Å². The number of anilines is 2. The fraction of sp³-hybridized carbons (Fsp3) is 0.381. The lowest BCUT2D eigenvalue weighted by Gasteiger charge is -2.19. The second kappa shape index (κ2) is 9.58. The molecule has 0 aromatic carbocycles. The van der Waals surface area contributed by atoms with Crippen LogP contribution in [0.4, 0.5) is 11.6 Å². The fourth-order valence-corrected chi connectivity index (χ4v) is 3.90. The van der Waals surface area contributed by atoms with Crippen LogP contribution in [0.15, 0.2) is 42.7 Å². The molecule has 0 bridgehead atoms. The van der Waals surface area contributed by atoms with Crippen LogP contribution in [-0.4, -0.2) is 32.9 Å². The van der Waals surface area contributed by atoms with Crippen molar-refractivity contribution in [2.45, 2.75) is 40.2 Å². The number of nitrogens with one attached hydrogen (secondary N) is 1. The molecule has 0 aliphatic heterocycles. The molecule has 0 amide bonds. The van der Waals surface area contributed by atoms with Crippen LogP contribution in [0.25, 0.3) is 10.6 Å². The van der Waals surface area contributed by atoms with Gasteiger partial charge in [0.1, 0.15) is 16.6 Å². The second-order valence-corrected chi connectivity index (χ2v) is 7.76. The molecule has 6 heteroatoms. The molecule has 3 aromatic rings. The summed E-state index contributed by atoms with van der Waals surface area (Å²) in [5.41, 5.74) is 2.11. The maximum Gasteiger partial charge on any atom is 0.132 e. The van der Waals surface area contributed by atoms with Gasteiger partial charge in [0.15, 0.2) is 0 Å². The van der Waals surface area contributed by atoms with E-state index in [9.17, 15) is 0 Å². The van der Waals surface area contributed by atoms with Gasteiger partial charge in [-0.1, -0.05) is 19.9 Å². The second-order valence-electron chi connectivity index (χ2n) is 6.65. The molecule has 0 aliphatic rings. The molecular weight excluding hydrogens is 354 g/mol. The summed E-state index contributed by atoms with van der Waals surface area (Å²) in [6, 6.07) is 9.99. The summed E-state index contributed by atoms with van der Waals surface area (Å²) in [4.78, 5) is 17.3. The molecule has 5 nitrogen and oxygen atoms in total. The minimum absolute atomic E-state index is 0.791. The lowest BCUT2D eigenvalue weighted by molar-refractivity contribution is 0.266. The number of nitrogens with zero attached hydrogens (tertiary/aromatic N) is 4. The molecule has 142 valence electrons. The van der Waals surface area contributed by atoms with Gasteiger partial charge in [-0.15, -0.1) is 11.3 Å². The first-order chi connectivity index (χ1) is 13.2. The molecule has 0 saturated heterocycles. The van der Waals surface area contributed by atoms with Crippen LogP contribution in [0, 0.1) is 6.92 Å². The predicted molar refractivity (Wildman–Crippen MR) is 113 cm³/mol. The van der Waals surface area contributed by atoms with Gasteiger partial charge in [0.25, 0.3) is 0 Å². The van der Waals surface area contributed by atoms with E-state index >= 15 is 0 Å². The maximum atomic E-state index is 4.74. The van der Waals surface area contributed by atoms with Crippen molar-refractivity contribution in [2.24, 2.45) is 0 Å². The molecule has 3 heterocycles. The summed E-state index contributed by atoms with van der Waals surface area (Å²) in [5.74, 6) is 1.60. The number of rotatable bonds is 9. The van der Waals surface area contributed by atoms with Crippen molar-refractivity contribution in [3.8, 4) is 10.6 Å². The highest BCUT2D eigenvalue weighted by Crippen LogP contribution is 2.27. The Morgan fingerprint density at radius 1 is 1.04 bits per heavy atom. The van der Waals surface area contributed by atoms with Crippen molar-refractivity contribution in [1.29, 1.82) is 0 Å². The Morgan fingerprint density at radius 2 is 1.85 bits per heavy atom. The third-order valence-corrected chi connectivity index (χ3v) is 5.17. The number of aryl methyl sites for hydroxylation is 1. The number of thiazole rings is 1. The van der Waals surface area contributed by atoms with Gasteiger partial charge < -0.3 is 5.32 Å². The topological polar surface area (TPSA) is 53.9 Å². The SMILES string of the molecule is CCCN(CCC)Cc1ncc(-c2cccc(Nc3cc(C)ccn3)n2)s1. The highest BCUT2D eigenvalue weighted by Gasteiger charge is 2.10. The van der Waals surface area contributed by atoms with Crippen LogP contribution in [0.2, 0.25) is 0 Å². The number of pyridine rings is 2. The van der Waals surface area contributed by atoms with Crippen LogP contribution in [0.3, 0.4) is 0 Å². The Hall–Kier alpha value is -2.31. The minimum Gasteiger partial charge on any atom is -0.325 e. The van der Waals surface area contributed by atoms with Crippen molar-refractivity contribution in [1.82, 2.24) is 19.9 Å². The summed E-state index contributed by atoms with van der Waals surface area (Å²) < 4.78 is 0. The molecule has 0 fully saturated rings. The lowest BCUT2D eigenvalue weighted by atomic mass is 10.3. The average Bonchev–Trinajstić information content (AvgIpc) is 3.11. The molecule has 3 aromatic heterocycles. The van der Waals surface area contributed by atoms with Gasteiger partial charge >= 0.3 is 0 Å². The normalized spacial score (nSPS) is 11.1. The molecular formula is C21H27N5S. The maximum absolute atomic E-state index is 4.74. The van der Waals surface area contributed by atoms with Crippen LogP contribution in [-0.2, 0) is 6.54 Å². The summed E-state index contributed by atoms with van der Waals surface area (Å²) in [6.45, 7) is 9.64. The van der Waals surface area contributed by atoms with E-state index < -0.39 is 0 Å². The molecule has 27 heavy (non-hydrogen) atoms. The zero-order valence-corrected chi connectivity index (χ0v) is 17.1. The van der Waals surface area contributed by atoms with E-state index in [2.05, 4.69) is 41.0 Å². The van der Waals surface area contributed by atoms with Gasteiger partial charge in [-0.2, -0.15) is 0 Å². The van der Waals surface area contributed by atoms with E-state index in [4.69, 9.17) is 4.98 Å². The van der Waals surface area contributed by atoms with Crippen LogP contribution in [0.1, 0.15) is 37.3 Å². The summed E-state index contributed by atoms with van der Waals surface area (Å²) >= 11 is 1.72. The first-order valence-corrected chi connectivity index (χ1v) is 10.3. The smallest absolute Gasteiger partial charge is 0.132 e. The Kier molecular flexibility index (Phi) is 6.90. The predicted octanol–water partition coefficient (Wildman–Crippen LogP) is 5.27. The molecule has 0 unspecified atom stereocenters. The van der Waals surface area contributed by atoms with Crippen LogP contribution in [0.5, 0.6) is 0 Å². The van der Waals surface area contributed by atoms with Crippen molar-refractivity contribution in [2.75, 3.05) is 18.4 Å². The largest absolute Gasteiger partial charge is 0.325 e. The Labute approximate surface area is 165 Å². The van der Waals surface area contributed by atoms with E-state index in [1.54, 1.807) is 17.5 Å². The number of aromatic nitrogens is 3. The fourth-order valence-electron chi connectivity index (χ4n) is 2.97. The monoisotopic (exact) mass is 381 g/mol. The quantitative estimate of drug-likeness (QED) is 0.547. The molecule has 0 atom stereocenters.